The first-order chi connectivity index (χ1) is 8.97. The molecule has 1 aromatic carbocycles. The number of halogens is 5. The van der Waals surface area contributed by atoms with Crippen LogP contribution in [-0.4, -0.2) is 10.7 Å². The minimum absolute atomic E-state index is 0.145. The molecule has 2 aromatic rings. The maximum atomic E-state index is 12.2. The van der Waals surface area contributed by atoms with Crippen LogP contribution in [0.1, 0.15) is 0 Å². The zero-order chi connectivity index (χ0) is 14.0. The molecule has 0 spiro atoms. The molecule has 0 aliphatic rings. The lowest BCUT2D eigenvalue weighted by atomic mass is 10.1. The Balaban J connectivity index is 2.34. The SMILES string of the molecule is FC(F)Sc1ccc(-c2nc(Cl)c(Cl)cc2Cl)cc1. The monoisotopic (exact) mass is 339 g/mol. The molecule has 0 amide bonds. The van der Waals surface area contributed by atoms with Gasteiger partial charge >= 0.3 is 0 Å². The second-order valence-corrected chi connectivity index (χ2v) is 5.73. The summed E-state index contributed by atoms with van der Waals surface area (Å²) >= 11 is 18.1. The normalized spacial score (nSPS) is 11.1. The van der Waals surface area contributed by atoms with E-state index in [9.17, 15) is 8.78 Å². The summed E-state index contributed by atoms with van der Waals surface area (Å²) in [6, 6.07) is 7.96. The molecular weight excluding hydrogens is 335 g/mol. The fraction of sp³-hybridized carbons (Fsp3) is 0.0833. The van der Waals surface area contributed by atoms with Gasteiger partial charge in [-0.1, -0.05) is 58.7 Å². The van der Waals surface area contributed by atoms with E-state index in [1.54, 1.807) is 24.3 Å². The first-order valence-electron chi connectivity index (χ1n) is 5.04. The third kappa shape index (κ3) is 3.72. The number of hydrogen-bond donors (Lipinski definition) is 0. The van der Waals surface area contributed by atoms with Crippen molar-refractivity contribution in [2.75, 3.05) is 0 Å². The van der Waals surface area contributed by atoms with E-state index in [4.69, 9.17) is 34.8 Å². The number of alkyl halides is 2. The van der Waals surface area contributed by atoms with Crippen molar-refractivity contribution >= 4 is 46.6 Å². The Hall–Kier alpha value is -0.550. The van der Waals surface area contributed by atoms with Crippen molar-refractivity contribution in [1.29, 1.82) is 0 Å². The molecule has 0 atom stereocenters. The van der Waals surface area contributed by atoms with Crippen molar-refractivity contribution in [3.05, 3.63) is 45.5 Å². The van der Waals surface area contributed by atoms with Crippen LogP contribution in [0.25, 0.3) is 11.3 Å². The average molecular weight is 341 g/mol. The smallest absolute Gasteiger partial charge is 0.233 e. The molecule has 1 heterocycles. The van der Waals surface area contributed by atoms with Gasteiger partial charge in [-0.05, 0) is 18.2 Å². The lowest BCUT2D eigenvalue weighted by Crippen LogP contribution is -1.88. The van der Waals surface area contributed by atoms with Crippen LogP contribution in [0.5, 0.6) is 0 Å². The van der Waals surface area contributed by atoms with E-state index in [0.717, 1.165) is 0 Å². The summed E-state index contributed by atoms with van der Waals surface area (Å²) in [5.41, 5.74) is 1.15. The second kappa shape index (κ2) is 6.27. The Morgan fingerprint density at radius 2 is 1.63 bits per heavy atom. The van der Waals surface area contributed by atoms with Crippen LogP contribution >= 0.6 is 46.6 Å². The Kier molecular flexibility index (Phi) is 4.90. The highest BCUT2D eigenvalue weighted by molar-refractivity contribution is 7.99. The van der Waals surface area contributed by atoms with Gasteiger partial charge in [-0.15, -0.1) is 0 Å². The highest BCUT2D eigenvalue weighted by Gasteiger charge is 2.11. The fourth-order valence-corrected chi connectivity index (χ4v) is 2.55. The van der Waals surface area contributed by atoms with E-state index in [1.165, 1.54) is 6.07 Å². The molecule has 0 N–H and O–H groups in total. The molecule has 0 saturated carbocycles. The maximum absolute atomic E-state index is 12.2. The lowest BCUT2D eigenvalue weighted by molar-refractivity contribution is 0.252. The summed E-state index contributed by atoms with van der Waals surface area (Å²) in [6.07, 6.45) is 0. The van der Waals surface area contributed by atoms with E-state index in [1.807, 2.05) is 0 Å². The van der Waals surface area contributed by atoms with E-state index in [2.05, 4.69) is 4.98 Å². The molecule has 0 unspecified atom stereocenters. The fourth-order valence-electron chi connectivity index (χ4n) is 1.44. The number of aromatic nitrogens is 1. The number of hydrogen-bond acceptors (Lipinski definition) is 2. The van der Waals surface area contributed by atoms with Gasteiger partial charge < -0.3 is 0 Å². The quantitative estimate of drug-likeness (QED) is 0.500. The van der Waals surface area contributed by atoms with Crippen LogP contribution in [-0.2, 0) is 0 Å². The van der Waals surface area contributed by atoms with Crippen molar-refractivity contribution in [2.45, 2.75) is 10.7 Å². The Labute approximate surface area is 127 Å². The number of pyridine rings is 1. The molecule has 1 aromatic heterocycles. The molecule has 0 aliphatic heterocycles. The van der Waals surface area contributed by atoms with Gasteiger partial charge in [-0.2, -0.15) is 8.78 Å². The van der Waals surface area contributed by atoms with Crippen molar-refractivity contribution in [3.8, 4) is 11.3 Å². The molecule has 0 fully saturated rings. The molecule has 7 heteroatoms. The zero-order valence-electron chi connectivity index (χ0n) is 9.21. The van der Waals surface area contributed by atoms with Crippen molar-refractivity contribution < 1.29 is 8.78 Å². The summed E-state index contributed by atoms with van der Waals surface area (Å²) in [4.78, 5) is 4.55. The largest absolute Gasteiger partial charge is 0.288 e. The highest BCUT2D eigenvalue weighted by atomic mass is 35.5. The zero-order valence-corrected chi connectivity index (χ0v) is 12.3. The molecule has 100 valence electrons. The van der Waals surface area contributed by atoms with E-state index in [-0.39, 0.29) is 10.2 Å². The summed E-state index contributed by atoms with van der Waals surface area (Å²) < 4.78 is 24.4. The van der Waals surface area contributed by atoms with E-state index in [0.29, 0.717) is 32.9 Å². The predicted molar refractivity (Wildman–Crippen MR) is 76.6 cm³/mol. The van der Waals surface area contributed by atoms with Gasteiger partial charge in [0.05, 0.1) is 15.7 Å². The van der Waals surface area contributed by atoms with Gasteiger partial charge in [0.1, 0.15) is 5.15 Å². The third-order valence-corrected chi connectivity index (χ3v) is 3.92. The highest BCUT2D eigenvalue weighted by Crippen LogP contribution is 2.33. The molecular formula is C12H6Cl3F2NS. The summed E-state index contributed by atoms with van der Waals surface area (Å²) in [6.45, 7) is 0. The number of benzene rings is 1. The van der Waals surface area contributed by atoms with Crippen LogP contribution in [0.3, 0.4) is 0 Å². The van der Waals surface area contributed by atoms with Gasteiger partial charge in [0.25, 0.3) is 5.76 Å². The molecule has 0 aliphatic carbocycles. The standard InChI is InChI=1S/C12H6Cl3F2NS/c13-8-5-9(14)11(15)18-10(8)6-1-3-7(4-2-6)19-12(16)17/h1-5,12H. The number of nitrogens with zero attached hydrogens (tertiary/aromatic N) is 1. The van der Waals surface area contributed by atoms with Gasteiger partial charge in [0.2, 0.25) is 0 Å². The topological polar surface area (TPSA) is 12.9 Å². The van der Waals surface area contributed by atoms with Crippen molar-refractivity contribution in [2.24, 2.45) is 0 Å². The van der Waals surface area contributed by atoms with Crippen LogP contribution in [0, 0.1) is 0 Å². The minimum Gasteiger partial charge on any atom is -0.233 e. The second-order valence-electron chi connectivity index (χ2n) is 3.49. The first-order valence-corrected chi connectivity index (χ1v) is 7.05. The lowest BCUT2D eigenvalue weighted by Gasteiger charge is -2.06. The molecule has 0 bridgehead atoms. The molecule has 2 rings (SSSR count). The minimum atomic E-state index is -2.45. The Bertz CT molecular complexity index is 590. The summed E-state index contributed by atoms with van der Waals surface area (Å²) in [5, 5.41) is 0.760. The van der Waals surface area contributed by atoms with Crippen LogP contribution in [0.4, 0.5) is 8.78 Å². The molecule has 1 nitrogen and oxygen atoms in total. The maximum Gasteiger partial charge on any atom is 0.288 e. The van der Waals surface area contributed by atoms with Gasteiger partial charge in [0.15, 0.2) is 0 Å². The van der Waals surface area contributed by atoms with E-state index < -0.39 is 5.76 Å². The third-order valence-electron chi connectivity index (χ3n) is 2.24. The van der Waals surface area contributed by atoms with Crippen molar-refractivity contribution in [3.63, 3.8) is 0 Å². The Morgan fingerprint density at radius 1 is 1.00 bits per heavy atom. The van der Waals surface area contributed by atoms with E-state index >= 15 is 0 Å². The molecule has 0 saturated heterocycles. The first kappa shape index (κ1) is 14.9. The van der Waals surface area contributed by atoms with Crippen LogP contribution in [0.2, 0.25) is 15.2 Å². The average Bonchev–Trinajstić information content (AvgIpc) is 2.34. The predicted octanol–water partition coefficient (Wildman–Crippen LogP) is 6.02. The summed E-state index contributed by atoms with van der Waals surface area (Å²) in [7, 11) is 0. The number of rotatable bonds is 3. The Morgan fingerprint density at radius 3 is 2.21 bits per heavy atom. The van der Waals surface area contributed by atoms with Crippen molar-refractivity contribution in [1.82, 2.24) is 4.98 Å². The molecule has 0 radical (unpaired) electrons. The van der Waals surface area contributed by atoms with Gasteiger partial charge in [-0.25, -0.2) is 4.98 Å². The van der Waals surface area contributed by atoms with Crippen LogP contribution in [0.15, 0.2) is 35.2 Å². The summed E-state index contributed by atoms with van der Waals surface area (Å²) in [5.74, 6) is -2.45. The van der Waals surface area contributed by atoms with Crippen LogP contribution < -0.4 is 0 Å². The number of thioether (sulfide) groups is 1. The van der Waals surface area contributed by atoms with Gasteiger partial charge in [-0.3, -0.25) is 0 Å². The van der Waals surface area contributed by atoms with Gasteiger partial charge in [0, 0.05) is 10.5 Å². The molecule has 19 heavy (non-hydrogen) atoms.